The van der Waals surface area contributed by atoms with E-state index in [1.54, 1.807) is 0 Å². The Kier molecular flexibility index (Phi) is 2.57. The molecule has 88 valence electrons. The number of anilines is 1. The highest BCUT2D eigenvalue weighted by Crippen LogP contribution is 2.16. The molecule has 18 heavy (non-hydrogen) atoms. The molecule has 0 aliphatic rings. The van der Waals surface area contributed by atoms with Gasteiger partial charge in [-0.2, -0.15) is 0 Å². The van der Waals surface area contributed by atoms with Crippen LogP contribution in [0, 0.1) is 0 Å². The van der Waals surface area contributed by atoms with E-state index in [1.165, 1.54) is 0 Å². The summed E-state index contributed by atoms with van der Waals surface area (Å²) in [5.74, 6) is 0.833. The lowest BCUT2D eigenvalue weighted by molar-refractivity contribution is 1.29. The minimum atomic E-state index is 0.740. The van der Waals surface area contributed by atoms with Crippen molar-refractivity contribution in [2.24, 2.45) is 0 Å². The van der Waals surface area contributed by atoms with Crippen molar-refractivity contribution in [3.63, 3.8) is 0 Å². The molecule has 3 heteroatoms. The zero-order valence-corrected chi connectivity index (χ0v) is 9.80. The summed E-state index contributed by atoms with van der Waals surface area (Å²) < 4.78 is 0. The quantitative estimate of drug-likeness (QED) is 0.669. The molecule has 2 aromatic carbocycles. The van der Waals surface area contributed by atoms with Gasteiger partial charge in [-0.3, -0.25) is 0 Å². The van der Waals surface area contributed by atoms with Crippen molar-refractivity contribution >= 4 is 28.9 Å². The molecule has 0 saturated carbocycles. The molecular formula is C15H13N3. The van der Waals surface area contributed by atoms with Gasteiger partial charge in [-0.1, -0.05) is 36.4 Å². The molecule has 0 spiro atoms. The van der Waals surface area contributed by atoms with Crippen LogP contribution in [0.15, 0.2) is 48.5 Å². The molecule has 1 heterocycles. The SMILES string of the molecule is Nc1ccc2nc(/C=C\c3ccccc3)[nH]c2c1. The van der Waals surface area contributed by atoms with E-state index in [0.29, 0.717) is 0 Å². The van der Waals surface area contributed by atoms with Crippen molar-refractivity contribution in [1.29, 1.82) is 0 Å². The van der Waals surface area contributed by atoms with Crippen molar-refractivity contribution in [3.05, 3.63) is 59.9 Å². The maximum Gasteiger partial charge on any atom is 0.131 e. The number of aromatic nitrogens is 2. The number of fused-ring (bicyclic) bond motifs is 1. The van der Waals surface area contributed by atoms with Crippen LogP contribution in [-0.2, 0) is 0 Å². The van der Waals surface area contributed by atoms with Gasteiger partial charge in [0.05, 0.1) is 11.0 Å². The Morgan fingerprint density at radius 2 is 1.83 bits per heavy atom. The van der Waals surface area contributed by atoms with Gasteiger partial charge in [0.25, 0.3) is 0 Å². The molecule has 3 N–H and O–H groups in total. The van der Waals surface area contributed by atoms with Crippen LogP contribution in [0.4, 0.5) is 5.69 Å². The molecule has 0 saturated heterocycles. The third-order valence-electron chi connectivity index (χ3n) is 2.76. The maximum atomic E-state index is 5.73. The summed E-state index contributed by atoms with van der Waals surface area (Å²) in [6, 6.07) is 15.8. The predicted octanol–water partition coefficient (Wildman–Crippen LogP) is 3.32. The average Bonchev–Trinajstić information content (AvgIpc) is 2.79. The summed E-state index contributed by atoms with van der Waals surface area (Å²) in [5.41, 5.74) is 9.51. The first-order valence-electron chi connectivity index (χ1n) is 5.80. The van der Waals surface area contributed by atoms with Crippen LogP contribution in [0.2, 0.25) is 0 Å². The fourth-order valence-electron chi connectivity index (χ4n) is 1.87. The molecule has 0 bridgehead atoms. The number of H-pyrrole nitrogens is 1. The molecule has 3 aromatic rings. The van der Waals surface area contributed by atoms with E-state index >= 15 is 0 Å². The number of rotatable bonds is 2. The Labute approximate surface area is 105 Å². The lowest BCUT2D eigenvalue weighted by atomic mass is 10.2. The first-order valence-corrected chi connectivity index (χ1v) is 5.80. The Bertz CT molecular complexity index is 696. The molecule has 0 aliphatic carbocycles. The number of benzene rings is 2. The van der Waals surface area contributed by atoms with Crippen LogP contribution in [0.1, 0.15) is 11.4 Å². The topological polar surface area (TPSA) is 54.7 Å². The van der Waals surface area contributed by atoms with Crippen LogP contribution in [0.25, 0.3) is 23.2 Å². The smallest absolute Gasteiger partial charge is 0.131 e. The molecule has 0 fully saturated rings. The molecule has 3 rings (SSSR count). The number of aromatic amines is 1. The van der Waals surface area contributed by atoms with Crippen molar-refractivity contribution < 1.29 is 0 Å². The summed E-state index contributed by atoms with van der Waals surface area (Å²) in [6.07, 6.45) is 3.99. The lowest BCUT2D eigenvalue weighted by Crippen LogP contribution is -1.82. The van der Waals surface area contributed by atoms with Gasteiger partial charge < -0.3 is 10.7 Å². The van der Waals surface area contributed by atoms with Gasteiger partial charge in [0.2, 0.25) is 0 Å². The van der Waals surface area contributed by atoms with Crippen molar-refractivity contribution in [2.75, 3.05) is 5.73 Å². The Hall–Kier alpha value is -2.55. The van der Waals surface area contributed by atoms with Crippen LogP contribution >= 0.6 is 0 Å². The monoisotopic (exact) mass is 235 g/mol. The number of nitrogens with two attached hydrogens (primary N) is 1. The maximum absolute atomic E-state index is 5.73. The van der Waals surface area contributed by atoms with Crippen molar-refractivity contribution in [2.45, 2.75) is 0 Å². The van der Waals surface area contributed by atoms with Crippen LogP contribution in [0.3, 0.4) is 0 Å². The summed E-state index contributed by atoms with van der Waals surface area (Å²) in [7, 11) is 0. The largest absolute Gasteiger partial charge is 0.399 e. The number of nitrogen functional groups attached to an aromatic ring is 1. The van der Waals surface area contributed by atoms with Gasteiger partial charge in [-0.15, -0.1) is 0 Å². The summed E-state index contributed by atoms with van der Waals surface area (Å²) in [4.78, 5) is 7.70. The van der Waals surface area contributed by atoms with Gasteiger partial charge >= 0.3 is 0 Å². The molecule has 0 atom stereocenters. The zero-order valence-electron chi connectivity index (χ0n) is 9.80. The minimum absolute atomic E-state index is 0.740. The van der Waals surface area contributed by atoms with E-state index in [4.69, 9.17) is 5.73 Å². The van der Waals surface area contributed by atoms with E-state index in [2.05, 4.69) is 22.1 Å². The fraction of sp³-hybridized carbons (Fsp3) is 0. The Balaban J connectivity index is 1.93. The first-order chi connectivity index (χ1) is 8.81. The van der Waals surface area contributed by atoms with Crippen LogP contribution in [-0.4, -0.2) is 9.97 Å². The molecule has 3 nitrogen and oxygen atoms in total. The third-order valence-corrected chi connectivity index (χ3v) is 2.76. The van der Waals surface area contributed by atoms with E-state index < -0.39 is 0 Å². The average molecular weight is 235 g/mol. The number of nitrogens with one attached hydrogen (secondary N) is 1. The highest BCUT2D eigenvalue weighted by atomic mass is 14.9. The zero-order chi connectivity index (χ0) is 12.4. The first kappa shape index (κ1) is 10.6. The van der Waals surface area contributed by atoms with Crippen LogP contribution in [0.5, 0.6) is 0 Å². The summed E-state index contributed by atoms with van der Waals surface area (Å²) >= 11 is 0. The summed E-state index contributed by atoms with van der Waals surface area (Å²) in [6.45, 7) is 0. The van der Waals surface area contributed by atoms with E-state index in [9.17, 15) is 0 Å². The number of hydrogen-bond acceptors (Lipinski definition) is 2. The number of hydrogen-bond donors (Lipinski definition) is 2. The summed E-state index contributed by atoms with van der Waals surface area (Å²) in [5, 5.41) is 0. The minimum Gasteiger partial charge on any atom is -0.399 e. The number of imidazole rings is 1. The Morgan fingerprint density at radius 1 is 1.00 bits per heavy atom. The standard InChI is InChI=1S/C15H13N3/c16-12-7-8-13-14(10-12)18-15(17-13)9-6-11-4-2-1-3-5-11/h1-10H,16H2,(H,17,18)/b9-6-. The molecule has 0 radical (unpaired) electrons. The van der Waals surface area contributed by atoms with E-state index in [0.717, 1.165) is 28.1 Å². The predicted molar refractivity (Wildman–Crippen MR) is 75.9 cm³/mol. The van der Waals surface area contributed by atoms with Crippen molar-refractivity contribution in [3.8, 4) is 0 Å². The highest BCUT2D eigenvalue weighted by Gasteiger charge is 1.99. The van der Waals surface area contributed by atoms with Gasteiger partial charge in [-0.05, 0) is 29.8 Å². The lowest BCUT2D eigenvalue weighted by Gasteiger charge is -1.90. The molecule has 1 aromatic heterocycles. The molecular weight excluding hydrogens is 222 g/mol. The fourth-order valence-corrected chi connectivity index (χ4v) is 1.87. The van der Waals surface area contributed by atoms with Gasteiger partial charge in [0, 0.05) is 5.69 Å². The third kappa shape index (κ3) is 2.11. The Morgan fingerprint density at radius 3 is 2.67 bits per heavy atom. The van der Waals surface area contributed by atoms with Gasteiger partial charge in [0.1, 0.15) is 5.82 Å². The van der Waals surface area contributed by atoms with Gasteiger partial charge in [-0.25, -0.2) is 4.98 Å². The highest BCUT2D eigenvalue weighted by molar-refractivity contribution is 5.81. The molecule has 0 unspecified atom stereocenters. The van der Waals surface area contributed by atoms with Crippen LogP contribution < -0.4 is 5.73 Å². The van der Waals surface area contributed by atoms with E-state index in [1.807, 2.05) is 48.6 Å². The van der Waals surface area contributed by atoms with Gasteiger partial charge in [0.15, 0.2) is 0 Å². The second kappa shape index (κ2) is 4.37. The normalized spacial score (nSPS) is 11.3. The second-order valence-corrected chi connectivity index (χ2v) is 4.14. The number of nitrogens with zero attached hydrogens (tertiary/aromatic N) is 1. The molecule has 0 aliphatic heterocycles. The second-order valence-electron chi connectivity index (χ2n) is 4.14. The molecule has 0 amide bonds. The van der Waals surface area contributed by atoms with Crippen molar-refractivity contribution in [1.82, 2.24) is 9.97 Å². The van der Waals surface area contributed by atoms with E-state index in [-0.39, 0.29) is 0 Å².